The molecule has 0 atom stereocenters. The average molecular weight is 221 g/mol. The monoisotopic (exact) mass is 221 g/mol. The highest BCUT2D eigenvalue weighted by atomic mass is 16.1. The van der Waals surface area contributed by atoms with Crippen molar-refractivity contribution in [2.45, 2.75) is 20.8 Å². The molecule has 0 heterocycles. The number of hydrogen-bond donors (Lipinski definition) is 2. The summed E-state index contributed by atoms with van der Waals surface area (Å²) >= 11 is 0. The summed E-state index contributed by atoms with van der Waals surface area (Å²) in [6.45, 7) is 6.00. The molecule has 0 aliphatic rings. The Morgan fingerprint density at radius 2 is 2.06 bits per heavy atom. The summed E-state index contributed by atoms with van der Waals surface area (Å²) in [5, 5.41) is 0. The first-order chi connectivity index (χ1) is 7.77. The molecule has 1 aromatic rings. The molecule has 4 nitrogen and oxygen atoms in total. The zero-order valence-electron chi connectivity index (χ0n) is 10.2. The van der Waals surface area contributed by atoms with E-state index in [0.29, 0.717) is 12.2 Å². The van der Waals surface area contributed by atoms with E-state index in [0.717, 1.165) is 11.1 Å². The van der Waals surface area contributed by atoms with E-state index < -0.39 is 0 Å². The van der Waals surface area contributed by atoms with Gasteiger partial charge in [0, 0.05) is 12.6 Å². The standard InChI is InChI=1S/C10H13N3O.C2H6/c1-8-4-3-5-9(6-8)10(11-2)13-12-7-14;1-2/h3-7H,1-2H3,(H,11,13)(H,12,14);1-2H3. The van der Waals surface area contributed by atoms with Crippen molar-refractivity contribution in [3.8, 4) is 0 Å². The molecule has 0 fully saturated rings. The topological polar surface area (TPSA) is 53.5 Å². The third-order valence-corrected chi connectivity index (χ3v) is 1.76. The third-order valence-electron chi connectivity index (χ3n) is 1.76. The highest BCUT2D eigenvalue weighted by Crippen LogP contribution is 2.03. The molecule has 0 saturated heterocycles. The van der Waals surface area contributed by atoms with Crippen molar-refractivity contribution < 1.29 is 4.79 Å². The summed E-state index contributed by atoms with van der Waals surface area (Å²) in [6, 6.07) is 7.86. The first-order valence-electron chi connectivity index (χ1n) is 5.27. The summed E-state index contributed by atoms with van der Waals surface area (Å²) in [6.07, 6.45) is 0.570. The van der Waals surface area contributed by atoms with Crippen molar-refractivity contribution in [2.75, 3.05) is 7.05 Å². The van der Waals surface area contributed by atoms with Gasteiger partial charge in [0.1, 0.15) is 5.84 Å². The normalized spacial score (nSPS) is 9.88. The maximum atomic E-state index is 10.1. The summed E-state index contributed by atoms with van der Waals surface area (Å²) in [5.74, 6) is 0.640. The van der Waals surface area contributed by atoms with E-state index >= 15 is 0 Å². The maximum absolute atomic E-state index is 10.1. The quantitative estimate of drug-likeness (QED) is 0.353. The van der Waals surface area contributed by atoms with Gasteiger partial charge in [0.25, 0.3) is 0 Å². The molecule has 16 heavy (non-hydrogen) atoms. The van der Waals surface area contributed by atoms with E-state index in [1.54, 1.807) is 7.05 Å². The number of carbonyl (C=O) groups is 1. The fourth-order valence-electron chi connectivity index (χ4n) is 1.15. The van der Waals surface area contributed by atoms with Gasteiger partial charge in [-0.15, -0.1) is 0 Å². The molecule has 0 aliphatic heterocycles. The van der Waals surface area contributed by atoms with Crippen LogP contribution in [0.4, 0.5) is 0 Å². The smallest absolute Gasteiger partial charge is 0.225 e. The molecule has 1 amide bonds. The predicted octanol–water partition coefficient (Wildman–Crippen LogP) is 1.65. The number of rotatable bonds is 3. The van der Waals surface area contributed by atoms with Crippen molar-refractivity contribution in [2.24, 2.45) is 4.99 Å². The van der Waals surface area contributed by atoms with Crippen LogP contribution in [0.3, 0.4) is 0 Å². The number of benzene rings is 1. The molecule has 0 bridgehead atoms. The third kappa shape index (κ3) is 4.59. The molecule has 0 saturated carbocycles. The second kappa shape index (κ2) is 8.47. The Balaban J connectivity index is 0.00000106. The number of nitrogens with zero attached hydrogens (tertiary/aromatic N) is 1. The van der Waals surface area contributed by atoms with Gasteiger partial charge in [0.2, 0.25) is 6.41 Å². The van der Waals surface area contributed by atoms with Gasteiger partial charge in [0.05, 0.1) is 0 Å². The van der Waals surface area contributed by atoms with Gasteiger partial charge in [-0.3, -0.25) is 20.6 Å². The number of hydrazine groups is 1. The van der Waals surface area contributed by atoms with Crippen LogP contribution in [0.5, 0.6) is 0 Å². The molecule has 88 valence electrons. The fraction of sp³-hybridized carbons (Fsp3) is 0.333. The first-order valence-corrected chi connectivity index (χ1v) is 5.27. The molecule has 4 heteroatoms. The minimum absolute atomic E-state index is 0.570. The lowest BCUT2D eigenvalue weighted by Gasteiger charge is -2.07. The van der Waals surface area contributed by atoms with Crippen LogP contribution in [0.25, 0.3) is 0 Å². The van der Waals surface area contributed by atoms with E-state index in [1.165, 1.54) is 0 Å². The molecule has 1 rings (SSSR count). The van der Waals surface area contributed by atoms with Crippen molar-refractivity contribution >= 4 is 12.2 Å². The van der Waals surface area contributed by atoms with Crippen LogP contribution in [0, 0.1) is 6.92 Å². The Labute approximate surface area is 96.8 Å². The van der Waals surface area contributed by atoms with E-state index in [1.807, 2.05) is 45.0 Å². The molecule has 0 aliphatic carbocycles. The van der Waals surface area contributed by atoms with Gasteiger partial charge in [-0.1, -0.05) is 37.6 Å². The van der Waals surface area contributed by atoms with Crippen LogP contribution in [0.2, 0.25) is 0 Å². The fourth-order valence-corrected chi connectivity index (χ4v) is 1.15. The highest BCUT2D eigenvalue weighted by Gasteiger charge is 2.00. The number of aryl methyl sites for hydroxylation is 1. The summed E-state index contributed by atoms with van der Waals surface area (Å²) in [5.41, 5.74) is 7.15. The van der Waals surface area contributed by atoms with Crippen LogP contribution in [0.15, 0.2) is 29.3 Å². The Kier molecular flexibility index (Phi) is 7.49. The lowest BCUT2D eigenvalue weighted by Crippen LogP contribution is -2.36. The number of aliphatic imine (C=N–C) groups is 1. The van der Waals surface area contributed by atoms with Gasteiger partial charge < -0.3 is 0 Å². The van der Waals surface area contributed by atoms with Crippen LogP contribution < -0.4 is 10.9 Å². The Morgan fingerprint density at radius 1 is 1.38 bits per heavy atom. The van der Waals surface area contributed by atoms with Crippen LogP contribution in [-0.4, -0.2) is 19.3 Å². The van der Waals surface area contributed by atoms with Crippen LogP contribution in [-0.2, 0) is 4.79 Å². The number of hydrogen-bond acceptors (Lipinski definition) is 2. The van der Waals surface area contributed by atoms with E-state index in [9.17, 15) is 4.79 Å². The second-order valence-corrected chi connectivity index (χ2v) is 2.83. The largest absolute Gasteiger partial charge is 0.282 e. The average Bonchev–Trinajstić information content (AvgIpc) is 2.33. The molecular formula is C12H19N3O. The molecule has 0 radical (unpaired) electrons. The van der Waals surface area contributed by atoms with Crippen LogP contribution in [0.1, 0.15) is 25.0 Å². The molecule has 0 aromatic heterocycles. The van der Waals surface area contributed by atoms with E-state index in [4.69, 9.17) is 0 Å². The molecular weight excluding hydrogens is 202 g/mol. The first kappa shape index (κ1) is 14.2. The van der Waals surface area contributed by atoms with Gasteiger partial charge >= 0.3 is 0 Å². The van der Waals surface area contributed by atoms with Gasteiger partial charge in [-0.2, -0.15) is 0 Å². The van der Waals surface area contributed by atoms with Gasteiger partial charge in [0.15, 0.2) is 0 Å². The molecule has 1 aromatic carbocycles. The SMILES string of the molecule is CC.CN=C(NNC=O)c1cccc(C)c1. The number of amidine groups is 1. The van der Waals surface area contributed by atoms with Crippen molar-refractivity contribution in [1.82, 2.24) is 10.9 Å². The van der Waals surface area contributed by atoms with Gasteiger partial charge in [-0.05, 0) is 13.0 Å². The van der Waals surface area contributed by atoms with E-state index in [-0.39, 0.29) is 0 Å². The molecule has 0 unspecified atom stereocenters. The van der Waals surface area contributed by atoms with Gasteiger partial charge in [-0.25, -0.2) is 0 Å². The summed E-state index contributed by atoms with van der Waals surface area (Å²) < 4.78 is 0. The number of amides is 1. The maximum Gasteiger partial charge on any atom is 0.225 e. The van der Waals surface area contributed by atoms with Crippen LogP contribution >= 0.6 is 0 Å². The van der Waals surface area contributed by atoms with Crippen molar-refractivity contribution in [3.05, 3.63) is 35.4 Å². The molecule has 0 spiro atoms. The minimum atomic E-state index is 0.570. The zero-order valence-corrected chi connectivity index (χ0v) is 10.2. The predicted molar refractivity (Wildman–Crippen MR) is 67.3 cm³/mol. The number of nitrogens with one attached hydrogen (secondary N) is 2. The van der Waals surface area contributed by atoms with E-state index in [2.05, 4.69) is 15.8 Å². The summed E-state index contributed by atoms with van der Waals surface area (Å²) in [7, 11) is 1.66. The van der Waals surface area contributed by atoms with Crippen molar-refractivity contribution in [1.29, 1.82) is 0 Å². The Morgan fingerprint density at radius 3 is 2.56 bits per heavy atom. The summed E-state index contributed by atoms with van der Waals surface area (Å²) in [4.78, 5) is 14.1. The zero-order chi connectivity index (χ0) is 12.4. The lowest BCUT2D eigenvalue weighted by molar-refractivity contribution is -0.110. The lowest BCUT2D eigenvalue weighted by atomic mass is 10.1. The Hall–Kier alpha value is -1.84. The van der Waals surface area contributed by atoms with Crippen molar-refractivity contribution in [3.63, 3.8) is 0 Å². The number of carbonyl (C=O) groups excluding carboxylic acids is 1. The Bertz CT molecular complexity index is 348. The highest BCUT2D eigenvalue weighted by molar-refractivity contribution is 5.98. The second-order valence-electron chi connectivity index (χ2n) is 2.83. The minimum Gasteiger partial charge on any atom is -0.282 e. The molecule has 2 N–H and O–H groups in total.